The maximum Gasteiger partial charge on any atom is 0.416 e. The van der Waals surface area contributed by atoms with Crippen LogP contribution in [-0.4, -0.2) is 19.2 Å². The fraction of sp³-hybridized carbons (Fsp3) is 0.182. The lowest BCUT2D eigenvalue weighted by molar-refractivity contribution is -0.137. The number of rotatable bonds is 7. The number of carbonyl (C=O) groups excluding carboxylic acids is 1. The van der Waals surface area contributed by atoms with Crippen molar-refractivity contribution in [2.75, 3.05) is 0 Å². The Morgan fingerprint density at radius 2 is 1.68 bits per heavy atom. The van der Waals surface area contributed by atoms with Gasteiger partial charge in [-0.25, -0.2) is 13.0 Å². The Morgan fingerprint density at radius 1 is 1.03 bits per heavy atom. The molecule has 1 unspecified atom stereocenters. The van der Waals surface area contributed by atoms with Crippen molar-refractivity contribution in [3.63, 3.8) is 0 Å². The Bertz CT molecular complexity index is 1270. The summed E-state index contributed by atoms with van der Waals surface area (Å²) in [4.78, 5) is 25.5. The number of nitrogens with zero attached hydrogens (tertiary/aromatic N) is 1. The predicted octanol–water partition coefficient (Wildman–Crippen LogP) is 4.45. The molecule has 2 N–H and O–H groups in total. The number of amides is 1. The van der Waals surface area contributed by atoms with Crippen molar-refractivity contribution in [3.8, 4) is 5.69 Å². The van der Waals surface area contributed by atoms with Gasteiger partial charge in [-0.3, -0.25) is 14.2 Å². The first-order chi connectivity index (χ1) is 16.0. The molecule has 3 rings (SSSR count). The lowest BCUT2D eigenvalue weighted by atomic mass is 10.1. The first-order valence-corrected chi connectivity index (χ1v) is 10.9. The molecule has 0 bridgehead atoms. The van der Waals surface area contributed by atoms with Gasteiger partial charge in [0, 0.05) is 12.2 Å². The van der Waals surface area contributed by atoms with E-state index in [0.29, 0.717) is 21.8 Å². The van der Waals surface area contributed by atoms with Crippen molar-refractivity contribution < 1.29 is 35.5 Å². The van der Waals surface area contributed by atoms with Crippen LogP contribution in [0.2, 0.25) is 0 Å². The quantitative estimate of drug-likeness (QED) is 0.371. The van der Waals surface area contributed by atoms with Gasteiger partial charge < -0.3 is 9.87 Å². The van der Waals surface area contributed by atoms with E-state index in [1.165, 1.54) is 0 Å². The van der Waals surface area contributed by atoms with Gasteiger partial charge in [-0.05, 0) is 41.5 Å². The lowest BCUT2D eigenvalue weighted by Gasteiger charge is -2.16. The average molecular weight is 500 g/mol. The summed E-state index contributed by atoms with van der Waals surface area (Å²) in [5.74, 6) is -0.981. The second-order valence-corrected chi connectivity index (χ2v) is 8.06. The Labute approximate surface area is 192 Å². The normalized spacial score (nSPS) is 12.6. The van der Waals surface area contributed by atoms with Crippen LogP contribution in [0.5, 0.6) is 0 Å². The van der Waals surface area contributed by atoms with Crippen LogP contribution < -0.4 is 10.9 Å². The average Bonchev–Trinajstić information content (AvgIpc) is 2.77. The largest absolute Gasteiger partial charge is 0.416 e. The second kappa shape index (κ2) is 10.3. The summed E-state index contributed by atoms with van der Waals surface area (Å²) in [5.41, 5.74) is -3.02. The minimum Gasteiger partial charge on any atom is -0.348 e. The van der Waals surface area contributed by atoms with E-state index in [1.807, 2.05) is 0 Å². The predicted molar refractivity (Wildman–Crippen MR) is 114 cm³/mol. The summed E-state index contributed by atoms with van der Waals surface area (Å²) in [5, 5.41) is 2.45. The van der Waals surface area contributed by atoms with E-state index in [-0.39, 0.29) is 12.3 Å². The van der Waals surface area contributed by atoms with Gasteiger partial charge in [0.1, 0.15) is 5.56 Å². The van der Waals surface area contributed by atoms with Crippen molar-refractivity contribution in [3.05, 3.63) is 99.0 Å². The van der Waals surface area contributed by atoms with Gasteiger partial charge in [0.2, 0.25) is 0 Å². The Kier molecular flexibility index (Phi) is 7.62. The van der Waals surface area contributed by atoms with Crippen molar-refractivity contribution in [1.29, 1.82) is 0 Å². The van der Waals surface area contributed by atoms with Crippen LogP contribution in [-0.2, 0) is 29.6 Å². The molecule has 0 aliphatic heterocycles. The minimum atomic E-state index is -4.76. The first kappa shape index (κ1) is 25.2. The number of halogens is 5. The second-order valence-electron chi connectivity index (χ2n) is 7.13. The number of carbonyl (C=O) groups is 1. The minimum absolute atomic E-state index is 0.0546. The van der Waals surface area contributed by atoms with Crippen LogP contribution in [0.25, 0.3) is 5.69 Å². The van der Waals surface area contributed by atoms with Crippen LogP contribution in [0, 0.1) is 0 Å². The van der Waals surface area contributed by atoms with E-state index >= 15 is 0 Å². The zero-order valence-electron chi connectivity index (χ0n) is 17.2. The van der Waals surface area contributed by atoms with Crippen LogP contribution in [0.4, 0.5) is 22.0 Å². The number of hydrogen-bond donors (Lipinski definition) is 2. The van der Waals surface area contributed by atoms with Gasteiger partial charge in [-0.15, -0.1) is 0 Å². The molecule has 0 radical (unpaired) electrons. The molecule has 0 spiro atoms. The Hall–Kier alpha value is -3.38. The third kappa shape index (κ3) is 5.94. The number of pyridine rings is 1. The molecule has 0 saturated carbocycles. The van der Waals surface area contributed by atoms with Gasteiger partial charge in [-0.1, -0.05) is 30.3 Å². The van der Waals surface area contributed by atoms with Gasteiger partial charge >= 0.3 is 6.18 Å². The zero-order chi connectivity index (χ0) is 25.0. The standard InChI is InChI=1S/C22H17F5N2O4S/c23-19(24)18-9-8-17(20(30)28-11-13-4-6-14(7-5-13)12-34(32)33)21(31)29(18)16-3-1-2-15(10-16)22(25,26)27/h1-10,19H,11-12H2,(H,28,30)(H,32,33). The molecule has 6 nitrogen and oxygen atoms in total. The fourth-order valence-corrected chi connectivity index (χ4v) is 3.63. The first-order valence-electron chi connectivity index (χ1n) is 9.62. The molecular formula is C22H17F5N2O4S. The van der Waals surface area contributed by atoms with Gasteiger partial charge in [0.05, 0.1) is 17.0 Å². The summed E-state index contributed by atoms with van der Waals surface area (Å²) >= 11 is -2.01. The molecular weight excluding hydrogens is 483 g/mol. The van der Waals surface area contributed by atoms with Crippen LogP contribution in [0.1, 0.15) is 39.2 Å². The fourth-order valence-electron chi connectivity index (χ4n) is 3.16. The maximum absolute atomic E-state index is 13.5. The SMILES string of the molecule is O=C(NCc1ccc(CS(=O)O)cc1)c1ccc(C(F)F)n(-c2cccc(C(F)(F)F)c2)c1=O. The highest BCUT2D eigenvalue weighted by molar-refractivity contribution is 7.78. The summed E-state index contributed by atoms with van der Waals surface area (Å²) in [6, 6.07) is 11.3. The molecule has 1 amide bonds. The molecule has 2 aromatic carbocycles. The molecule has 1 heterocycles. The summed E-state index contributed by atoms with van der Waals surface area (Å²) in [6.45, 7) is -0.0546. The highest BCUT2D eigenvalue weighted by atomic mass is 32.2. The van der Waals surface area contributed by atoms with Crippen LogP contribution >= 0.6 is 0 Å². The topological polar surface area (TPSA) is 88.4 Å². The number of alkyl halides is 5. The van der Waals surface area contributed by atoms with E-state index in [2.05, 4.69) is 5.32 Å². The molecule has 12 heteroatoms. The van der Waals surface area contributed by atoms with E-state index in [0.717, 1.165) is 30.3 Å². The number of benzene rings is 2. The molecule has 0 aliphatic carbocycles. The highest BCUT2D eigenvalue weighted by Crippen LogP contribution is 2.31. The summed E-state index contributed by atoms with van der Waals surface area (Å²) < 4.78 is 86.4. The molecule has 3 aromatic rings. The molecule has 180 valence electrons. The van der Waals surface area contributed by atoms with E-state index in [1.54, 1.807) is 24.3 Å². The van der Waals surface area contributed by atoms with Crippen molar-refractivity contribution in [1.82, 2.24) is 9.88 Å². The zero-order valence-corrected chi connectivity index (χ0v) is 18.0. The van der Waals surface area contributed by atoms with Gasteiger partial charge in [-0.2, -0.15) is 13.2 Å². The molecule has 1 aromatic heterocycles. The number of hydrogen-bond acceptors (Lipinski definition) is 3. The molecule has 0 aliphatic rings. The highest BCUT2D eigenvalue weighted by Gasteiger charge is 2.31. The Balaban J connectivity index is 1.91. The Morgan fingerprint density at radius 3 is 2.26 bits per heavy atom. The van der Waals surface area contributed by atoms with E-state index < -0.39 is 57.7 Å². The number of aromatic nitrogens is 1. The van der Waals surface area contributed by atoms with E-state index in [9.17, 15) is 35.8 Å². The third-order valence-electron chi connectivity index (χ3n) is 4.78. The summed E-state index contributed by atoms with van der Waals surface area (Å²) in [6.07, 6.45) is -7.95. The maximum atomic E-state index is 13.5. The lowest BCUT2D eigenvalue weighted by Crippen LogP contribution is -2.33. The van der Waals surface area contributed by atoms with E-state index in [4.69, 9.17) is 4.55 Å². The molecule has 0 fully saturated rings. The summed E-state index contributed by atoms with van der Waals surface area (Å²) in [7, 11) is 0. The van der Waals surface area contributed by atoms with Crippen LogP contribution in [0.3, 0.4) is 0 Å². The number of nitrogens with one attached hydrogen (secondary N) is 1. The van der Waals surface area contributed by atoms with Gasteiger partial charge in [0.25, 0.3) is 17.9 Å². The van der Waals surface area contributed by atoms with Crippen molar-refractivity contribution >= 4 is 17.0 Å². The molecule has 34 heavy (non-hydrogen) atoms. The molecule has 0 saturated heterocycles. The third-order valence-corrected chi connectivity index (χ3v) is 5.36. The molecule has 1 atom stereocenters. The van der Waals surface area contributed by atoms with Crippen molar-refractivity contribution in [2.45, 2.75) is 24.9 Å². The smallest absolute Gasteiger partial charge is 0.348 e. The van der Waals surface area contributed by atoms with Crippen LogP contribution in [0.15, 0.2) is 65.5 Å². The van der Waals surface area contributed by atoms with Gasteiger partial charge in [0.15, 0.2) is 11.1 Å². The van der Waals surface area contributed by atoms with Crippen molar-refractivity contribution in [2.24, 2.45) is 0 Å². The monoisotopic (exact) mass is 500 g/mol.